The number of hydroxylamine groups is 4. The molecule has 196 valence electrons. The summed E-state index contributed by atoms with van der Waals surface area (Å²) in [4.78, 5) is 82.0. The van der Waals surface area contributed by atoms with Crippen molar-refractivity contribution < 1.29 is 53.4 Å². The van der Waals surface area contributed by atoms with Gasteiger partial charge in [-0.25, -0.2) is 28.8 Å². The van der Waals surface area contributed by atoms with Crippen molar-refractivity contribution in [1.29, 1.82) is 0 Å². The van der Waals surface area contributed by atoms with Crippen molar-refractivity contribution in [1.82, 2.24) is 10.1 Å². The fourth-order valence-corrected chi connectivity index (χ4v) is 2.68. The maximum atomic E-state index is 13.0. The predicted molar refractivity (Wildman–Crippen MR) is 119 cm³/mol. The molecule has 0 aromatic heterocycles. The number of hydrogen-bond donors (Lipinski definition) is 2. The van der Waals surface area contributed by atoms with Gasteiger partial charge in [0.1, 0.15) is 11.9 Å². The number of esters is 2. The molecule has 0 radical (unpaired) electrons. The summed E-state index contributed by atoms with van der Waals surface area (Å²) in [5, 5.41) is 19.7. The molecule has 13 nitrogen and oxygen atoms in total. The molecule has 0 aromatic carbocycles. The van der Waals surface area contributed by atoms with Crippen LogP contribution in [-0.2, 0) is 33.6 Å². The van der Waals surface area contributed by atoms with Crippen LogP contribution in [0.2, 0.25) is 0 Å². The first-order valence-electron chi connectivity index (χ1n) is 10.5. The first-order valence-corrected chi connectivity index (χ1v) is 10.5. The van der Waals surface area contributed by atoms with Crippen molar-refractivity contribution >= 4 is 36.0 Å². The summed E-state index contributed by atoms with van der Waals surface area (Å²) < 4.78 is 4.85. The Kier molecular flexibility index (Phi) is 11.5. The minimum absolute atomic E-state index is 0.235. The first kappa shape index (κ1) is 31.5. The quantitative estimate of drug-likeness (QED) is 0.195. The third-order valence-corrected chi connectivity index (χ3v) is 3.97. The number of nitrogens with zero attached hydrogens (tertiary/aromatic N) is 2. The zero-order valence-corrected chi connectivity index (χ0v) is 20.9. The second-order valence-corrected chi connectivity index (χ2v) is 9.54. The van der Waals surface area contributed by atoms with E-state index in [1.165, 1.54) is 67.3 Å². The summed E-state index contributed by atoms with van der Waals surface area (Å²) in [5.41, 5.74) is -2.23. The first-order chi connectivity index (χ1) is 15.9. The molecule has 0 aromatic rings. The van der Waals surface area contributed by atoms with E-state index < -0.39 is 59.2 Å². The third-order valence-electron chi connectivity index (χ3n) is 3.97. The van der Waals surface area contributed by atoms with Gasteiger partial charge in [-0.2, -0.15) is 10.1 Å². The minimum Gasteiger partial charge on any atom is -0.463 e. The molecule has 4 atom stereocenters. The van der Waals surface area contributed by atoms with Gasteiger partial charge in [0.25, 0.3) is 0 Å². The predicted octanol–water partition coefficient (Wildman–Crippen LogP) is 2.26. The largest absolute Gasteiger partial charge is 0.463 e. The van der Waals surface area contributed by atoms with Crippen LogP contribution in [0.1, 0.15) is 55.4 Å². The van der Waals surface area contributed by atoms with Crippen LogP contribution in [0.5, 0.6) is 0 Å². The number of carbonyl (C=O) groups excluding carboxylic acids is 4. The van der Waals surface area contributed by atoms with Crippen LogP contribution in [0.15, 0.2) is 12.2 Å². The zero-order valence-electron chi connectivity index (χ0n) is 20.9. The molecule has 0 heterocycles. The van der Waals surface area contributed by atoms with Crippen molar-refractivity contribution in [3.63, 3.8) is 0 Å². The van der Waals surface area contributed by atoms with Crippen molar-refractivity contribution in [2.75, 3.05) is 0 Å². The van der Waals surface area contributed by atoms with Crippen LogP contribution in [-0.4, -0.2) is 79.6 Å². The van der Waals surface area contributed by atoms with E-state index in [2.05, 4.69) is 0 Å². The number of ether oxygens (including phenoxy) is 1. The molecule has 0 saturated carbocycles. The third kappa shape index (κ3) is 10.5. The maximum absolute atomic E-state index is 13.0. The lowest BCUT2D eigenvalue weighted by Gasteiger charge is -2.35. The second-order valence-electron chi connectivity index (χ2n) is 9.54. The van der Waals surface area contributed by atoms with Gasteiger partial charge in [-0.15, -0.1) is 0 Å². The molecule has 35 heavy (non-hydrogen) atoms. The summed E-state index contributed by atoms with van der Waals surface area (Å²) in [7, 11) is 0. The van der Waals surface area contributed by atoms with Crippen molar-refractivity contribution in [3.05, 3.63) is 12.2 Å². The van der Waals surface area contributed by atoms with Gasteiger partial charge < -0.3 is 14.9 Å². The van der Waals surface area contributed by atoms with E-state index in [4.69, 9.17) is 14.4 Å². The van der Waals surface area contributed by atoms with Gasteiger partial charge >= 0.3 is 24.1 Å². The van der Waals surface area contributed by atoms with E-state index in [1.54, 1.807) is 0 Å². The summed E-state index contributed by atoms with van der Waals surface area (Å²) in [6.45, 7) is 11.5. The Hall–Kier alpha value is -3.50. The number of rotatable bonds is 10. The fraction of sp³-hybridized carbons (Fsp3) is 0.636. The standard InChI is InChI=1S/C22H32N2O11/c1-13(9-11-25)15(23(19(29)30)34-21(3,4)5)17(27)33-18(28)16(14(2)10-12-26)24(20(31)32)35-22(6,7)8/h9-10,13-16H,1-8H3,(H,29,30)(H,31,32)/t13?,14?,15-,16-/m0/s1. The fourth-order valence-electron chi connectivity index (χ4n) is 2.68. The van der Waals surface area contributed by atoms with Crippen LogP contribution in [0.25, 0.3) is 0 Å². The van der Waals surface area contributed by atoms with Gasteiger partial charge in [-0.3, -0.25) is 9.68 Å². The molecule has 0 bridgehead atoms. The highest BCUT2D eigenvalue weighted by molar-refractivity contribution is 5.93. The number of carboxylic acid groups (broad SMARTS) is 2. The van der Waals surface area contributed by atoms with Crippen molar-refractivity contribution in [2.45, 2.75) is 78.7 Å². The van der Waals surface area contributed by atoms with E-state index in [1.807, 2.05) is 0 Å². The molecule has 0 saturated heterocycles. The molecule has 0 aliphatic heterocycles. The Morgan fingerprint density at radius 1 is 0.714 bits per heavy atom. The average Bonchev–Trinajstić information content (AvgIpc) is 2.65. The SMILES string of the molecule is CC(C=C=O)[C@@H](C(=O)OC(=O)[C@H](C(C)C=C=O)N(OC(C)(C)C)C(=O)O)N(OC(C)(C)C)C(=O)O. The zero-order chi connectivity index (χ0) is 27.7. The molecule has 2 unspecified atom stereocenters. The van der Waals surface area contributed by atoms with Crippen LogP contribution in [0.3, 0.4) is 0 Å². The number of hydrogen-bond acceptors (Lipinski definition) is 9. The lowest BCUT2D eigenvalue weighted by Crippen LogP contribution is -2.54. The van der Waals surface area contributed by atoms with E-state index >= 15 is 0 Å². The van der Waals surface area contributed by atoms with Gasteiger partial charge in [-0.05, 0) is 41.5 Å². The van der Waals surface area contributed by atoms with Gasteiger partial charge in [-0.1, -0.05) is 13.8 Å². The Bertz CT molecular complexity index is 818. The lowest BCUT2D eigenvalue weighted by molar-refractivity contribution is -0.239. The van der Waals surface area contributed by atoms with E-state index in [-0.39, 0.29) is 10.1 Å². The molecule has 0 fully saturated rings. The summed E-state index contributed by atoms with van der Waals surface area (Å²) >= 11 is 0. The van der Waals surface area contributed by atoms with Crippen molar-refractivity contribution in [3.8, 4) is 0 Å². The van der Waals surface area contributed by atoms with Gasteiger partial charge in [0.15, 0.2) is 12.1 Å². The van der Waals surface area contributed by atoms with E-state index in [0.29, 0.717) is 0 Å². The molecule has 0 aliphatic rings. The highest BCUT2D eigenvalue weighted by atomic mass is 16.7. The van der Waals surface area contributed by atoms with Crippen LogP contribution >= 0.6 is 0 Å². The lowest BCUT2D eigenvalue weighted by atomic mass is 10.0. The number of amides is 2. The molecular weight excluding hydrogens is 468 g/mol. The summed E-state index contributed by atoms with van der Waals surface area (Å²) in [6.07, 6.45) is -1.78. The molecule has 2 amide bonds. The Morgan fingerprint density at radius 2 is 1.00 bits per heavy atom. The van der Waals surface area contributed by atoms with E-state index in [0.717, 1.165) is 12.2 Å². The smallest absolute Gasteiger partial charge is 0.432 e. The monoisotopic (exact) mass is 500 g/mol. The van der Waals surface area contributed by atoms with E-state index in [9.17, 15) is 39.0 Å². The molecule has 2 N–H and O–H groups in total. The average molecular weight is 501 g/mol. The van der Waals surface area contributed by atoms with Crippen LogP contribution in [0.4, 0.5) is 9.59 Å². The maximum Gasteiger partial charge on any atom is 0.432 e. The van der Waals surface area contributed by atoms with Crippen LogP contribution < -0.4 is 0 Å². The molecule has 0 rings (SSSR count). The Balaban J connectivity index is 6.42. The molecule has 0 aliphatic carbocycles. The number of carbonyl (C=O) groups is 4. The summed E-state index contributed by atoms with van der Waals surface area (Å²) in [6, 6.07) is -3.70. The topological polar surface area (TPSA) is 177 Å². The second kappa shape index (κ2) is 12.8. The van der Waals surface area contributed by atoms with Crippen molar-refractivity contribution in [2.24, 2.45) is 11.8 Å². The Morgan fingerprint density at radius 3 is 1.20 bits per heavy atom. The van der Waals surface area contributed by atoms with Gasteiger partial charge in [0, 0.05) is 24.0 Å². The van der Waals surface area contributed by atoms with Crippen LogP contribution in [0, 0.1) is 11.8 Å². The normalized spacial score (nSPS) is 14.7. The highest BCUT2D eigenvalue weighted by Gasteiger charge is 2.44. The Labute approximate surface area is 202 Å². The molecule has 13 heteroatoms. The van der Waals surface area contributed by atoms with Gasteiger partial charge in [0.2, 0.25) is 0 Å². The molecular formula is C22H32N2O11. The van der Waals surface area contributed by atoms with Gasteiger partial charge in [0.05, 0.1) is 11.2 Å². The minimum atomic E-state index is -1.85. The summed E-state index contributed by atoms with van der Waals surface area (Å²) in [5.74, 6) is -2.40. The molecule has 0 spiro atoms. The highest BCUT2D eigenvalue weighted by Crippen LogP contribution is 2.23.